The fourth-order valence-corrected chi connectivity index (χ4v) is 3.06. The summed E-state index contributed by atoms with van der Waals surface area (Å²) in [6.45, 7) is 2.04. The first-order chi connectivity index (χ1) is 9.20. The van der Waals surface area contributed by atoms with Crippen LogP contribution in [0.3, 0.4) is 0 Å². The third-order valence-electron chi connectivity index (χ3n) is 4.37. The Bertz CT molecular complexity index is 442. The van der Waals surface area contributed by atoms with Gasteiger partial charge in [0, 0.05) is 17.6 Å². The average molecular weight is 263 g/mol. The largest absolute Gasteiger partial charge is 0.496 e. The molecule has 0 radical (unpaired) electrons. The Morgan fingerprint density at radius 3 is 2.37 bits per heavy atom. The Balaban J connectivity index is 1.77. The van der Waals surface area contributed by atoms with Gasteiger partial charge < -0.3 is 10.1 Å². The lowest BCUT2D eigenvalue weighted by Crippen LogP contribution is -2.35. The molecule has 0 aliphatic heterocycles. The Morgan fingerprint density at radius 1 is 1.21 bits per heavy atom. The molecule has 0 aromatic heterocycles. The monoisotopic (exact) mass is 263 g/mol. The van der Waals surface area contributed by atoms with Gasteiger partial charge in [-0.05, 0) is 56.6 Å². The predicted octanol–water partition coefficient (Wildman–Crippen LogP) is 3.67. The van der Waals surface area contributed by atoms with Crippen molar-refractivity contribution in [2.24, 2.45) is 11.8 Å². The van der Waals surface area contributed by atoms with Crippen LogP contribution in [0.15, 0.2) is 18.2 Å². The molecule has 0 amide bonds. The summed E-state index contributed by atoms with van der Waals surface area (Å²) in [7, 11) is 1.60. The van der Waals surface area contributed by atoms with Crippen molar-refractivity contribution in [2.75, 3.05) is 7.11 Å². The highest BCUT2D eigenvalue weighted by Gasteiger charge is 2.42. The highest BCUT2D eigenvalue weighted by molar-refractivity contribution is 5.37. The number of hydrogen-bond donors (Lipinski definition) is 1. The third kappa shape index (κ3) is 2.76. The molecule has 1 aromatic rings. The molecule has 2 saturated carbocycles. The maximum atomic E-state index is 14.1. The van der Waals surface area contributed by atoms with E-state index in [1.54, 1.807) is 13.2 Å². The first-order valence-corrected chi connectivity index (χ1v) is 7.29. The lowest BCUT2D eigenvalue weighted by atomic mass is 10.0. The number of rotatable bonds is 6. The molecule has 0 bridgehead atoms. The zero-order valence-corrected chi connectivity index (χ0v) is 11.7. The number of nitrogens with one attached hydrogen (secondary N) is 1. The zero-order valence-electron chi connectivity index (χ0n) is 11.7. The molecule has 3 rings (SSSR count). The summed E-state index contributed by atoms with van der Waals surface area (Å²) in [4.78, 5) is 0. The van der Waals surface area contributed by atoms with E-state index in [1.807, 2.05) is 13.0 Å². The number of halogens is 1. The van der Waals surface area contributed by atoms with Gasteiger partial charge in [-0.2, -0.15) is 0 Å². The molecule has 1 unspecified atom stereocenters. The molecule has 2 aliphatic carbocycles. The average Bonchev–Trinajstić information content (AvgIpc) is 3.28. The van der Waals surface area contributed by atoms with Gasteiger partial charge in [-0.25, -0.2) is 4.39 Å². The van der Waals surface area contributed by atoms with E-state index in [1.165, 1.54) is 31.7 Å². The van der Waals surface area contributed by atoms with Crippen LogP contribution in [0.25, 0.3) is 0 Å². The number of ether oxygens (including phenoxy) is 1. The first-order valence-electron chi connectivity index (χ1n) is 7.29. The van der Waals surface area contributed by atoms with Crippen molar-refractivity contribution in [3.8, 4) is 5.75 Å². The van der Waals surface area contributed by atoms with Crippen LogP contribution in [-0.4, -0.2) is 13.2 Å². The van der Waals surface area contributed by atoms with Gasteiger partial charge in [-0.1, -0.05) is 6.07 Å². The molecule has 0 spiro atoms. The molecule has 0 saturated heterocycles. The molecule has 1 atom stereocenters. The molecular formula is C16H22FNO. The number of hydrogen-bond acceptors (Lipinski definition) is 2. The summed E-state index contributed by atoms with van der Waals surface area (Å²) in [5.41, 5.74) is 0.663. The van der Waals surface area contributed by atoms with Gasteiger partial charge in [0.1, 0.15) is 11.6 Å². The van der Waals surface area contributed by atoms with Crippen LogP contribution >= 0.6 is 0 Å². The molecule has 0 heterocycles. The van der Waals surface area contributed by atoms with E-state index in [-0.39, 0.29) is 11.9 Å². The van der Waals surface area contributed by atoms with E-state index in [0.717, 1.165) is 11.8 Å². The Morgan fingerprint density at radius 2 is 1.84 bits per heavy atom. The van der Waals surface area contributed by atoms with Crippen LogP contribution in [0, 0.1) is 17.7 Å². The molecule has 1 aromatic carbocycles. The van der Waals surface area contributed by atoms with Gasteiger partial charge in [0.25, 0.3) is 0 Å². The maximum absolute atomic E-state index is 14.1. The normalized spacial score (nSPS) is 20.6. The van der Waals surface area contributed by atoms with Gasteiger partial charge in [0.2, 0.25) is 0 Å². The van der Waals surface area contributed by atoms with Crippen LogP contribution in [0.5, 0.6) is 5.75 Å². The van der Waals surface area contributed by atoms with E-state index in [4.69, 9.17) is 4.74 Å². The SMILES string of the molecule is COc1cccc(F)c1C(C)NC(C1CC1)C1CC1. The third-order valence-corrected chi connectivity index (χ3v) is 4.37. The van der Waals surface area contributed by atoms with E-state index in [9.17, 15) is 4.39 Å². The smallest absolute Gasteiger partial charge is 0.131 e. The van der Waals surface area contributed by atoms with Gasteiger partial charge in [0.05, 0.1) is 7.11 Å². The fourth-order valence-electron chi connectivity index (χ4n) is 3.06. The van der Waals surface area contributed by atoms with E-state index < -0.39 is 0 Å². The number of methoxy groups -OCH3 is 1. The molecule has 2 fully saturated rings. The lowest BCUT2D eigenvalue weighted by molar-refractivity contribution is 0.353. The second-order valence-corrected chi connectivity index (χ2v) is 5.94. The Kier molecular flexibility index (Phi) is 3.48. The van der Waals surface area contributed by atoms with Crippen molar-refractivity contribution in [1.29, 1.82) is 0 Å². The van der Waals surface area contributed by atoms with Crippen molar-refractivity contribution in [2.45, 2.75) is 44.7 Å². The van der Waals surface area contributed by atoms with Crippen molar-refractivity contribution in [3.05, 3.63) is 29.6 Å². The Hall–Kier alpha value is -1.09. The quantitative estimate of drug-likeness (QED) is 0.845. The zero-order chi connectivity index (χ0) is 13.4. The second kappa shape index (κ2) is 5.12. The van der Waals surface area contributed by atoms with Crippen LogP contribution in [0.2, 0.25) is 0 Å². The van der Waals surface area contributed by atoms with Crippen LogP contribution < -0.4 is 10.1 Å². The standard InChI is InChI=1S/C16H22FNO/c1-10(15-13(17)4-3-5-14(15)19-2)18-16(11-6-7-11)12-8-9-12/h3-5,10-12,16,18H,6-9H2,1-2H3. The topological polar surface area (TPSA) is 21.3 Å². The summed E-state index contributed by atoms with van der Waals surface area (Å²) >= 11 is 0. The molecule has 3 heteroatoms. The van der Waals surface area contributed by atoms with Crippen molar-refractivity contribution < 1.29 is 9.13 Å². The van der Waals surface area contributed by atoms with E-state index in [2.05, 4.69) is 5.32 Å². The minimum Gasteiger partial charge on any atom is -0.496 e. The summed E-state index contributed by atoms with van der Waals surface area (Å²) in [5.74, 6) is 2.09. The predicted molar refractivity (Wildman–Crippen MR) is 73.7 cm³/mol. The minimum absolute atomic E-state index is 0.00218. The van der Waals surface area contributed by atoms with Gasteiger partial charge in [-0.3, -0.25) is 0 Å². The van der Waals surface area contributed by atoms with Gasteiger partial charge in [-0.15, -0.1) is 0 Å². The maximum Gasteiger partial charge on any atom is 0.131 e. The van der Waals surface area contributed by atoms with E-state index in [0.29, 0.717) is 17.4 Å². The highest BCUT2D eigenvalue weighted by atomic mass is 19.1. The summed E-state index contributed by atoms with van der Waals surface area (Å²) in [6.07, 6.45) is 5.31. The summed E-state index contributed by atoms with van der Waals surface area (Å²) in [6, 6.07) is 5.62. The van der Waals surface area contributed by atoms with Crippen LogP contribution in [0.4, 0.5) is 4.39 Å². The number of benzene rings is 1. The molecular weight excluding hydrogens is 241 g/mol. The minimum atomic E-state index is -0.176. The summed E-state index contributed by atoms with van der Waals surface area (Å²) < 4.78 is 19.4. The first kappa shape index (κ1) is 12.9. The second-order valence-electron chi connectivity index (χ2n) is 5.94. The van der Waals surface area contributed by atoms with Gasteiger partial charge >= 0.3 is 0 Å². The lowest BCUT2D eigenvalue weighted by Gasteiger charge is -2.25. The van der Waals surface area contributed by atoms with Crippen molar-refractivity contribution >= 4 is 0 Å². The summed E-state index contributed by atoms with van der Waals surface area (Å²) in [5, 5.41) is 3.65. The molecule has 104 valence electrons. The van der Waals surface area contributed by atoms with Gasteiger partial charge in [0.15, 0.2) is 0 Å². The van der Waals surface area contributed by atoms with E-state index >= 15 is 0 Å². The molecule has 1 N–H and O–H groups in total. The highest BCUT2D eigenvalue weighted by Crippen LogP contribution is 2.45. The molecule has 2 nitrogen and oxygen atoms in total. The molecule has 2 aliphatic rings. The fraction of sp³-hybridized carbons (Fsp3) is 0.625. The van der Waals surface area contributed by atoms with Crippen LogP contribution in [0.1, 0.15) is 44.2 Å². The Labute approximate surface area is 114 Å². The molecule has 19 heavy (non-hydrogen) atoms. The van der Waals surface area contributed by atoms with Crippen LogP contribution in [-0.2, 0) is 0 Å². The van der Waals surface area contributed by atoms with Crippen molar-refractivity contribution in [1.82, 2.24) is 5.32 Å². The van der Waals surface area contributed by atoms with Crippen molar-refractivity contribution in [3.63, 3.8) is 0 Å².